The van der Waals surface area contributed by atoms with E-state index in [1.807, 2.05) is 72.8 Å². The van der Waals surface area contributed by atoms with E-state index in [1.54, 1.807) is 0 Å². The Morgan fingerprint density at radius 1 is 0.667 bits per heavy atom. The van der Waals surface area contributed by atoms with Gasteiger partial charge in [0, 0.05) is 13.1 Å². The molecule has 0 aliphatic rings. The number of esters is 2. The van der Waals surface area contributed by atoms with Crippen molar-refractivity contribution in [3.8, 4) is 0 Å². The van der Waals surface area contributed by atoms with E-state index < -0.39 is 0 Å². The molecule has 0 saturated heterocycles. The van der Waals surface area contributed by atoms with E-state index in [0.717, 1.165) is 11.1 Å². The van der Waals surface area contributed by atoms with Crippen molar-refractivity contribution in [2.45, 2.75) is 65.8 Å². The fourth-order valence-electron chi connectivity index (χ4n) is 3.71. The summed E-state index contributed by atoms with van der Waals surface area (Å²) in [5.74, 6) is 0.238. The van der Waals surface area contributed by atoms with E-state index in [1.165, 1.54) is 0 Å². The van der Waals surface area contributed by atoms with Gasteiger partial charge in [0.15, 0.2) is 0 Å². The molecule has 2 rings (SSSR count). The lowest BCUT2D eigenvalue weighted by atomic mass is 10.0. The summed E-state index contributed by atoms with van der Waals surface area (Å²) < 4.78 is 11.1. The summed E-state index contributed by atoms with van der Waals surface area (Å²) >= 11 is 0. The predicted molar refractivity (Wildman–Crippen MR) is 144 cm³/mol. The molecule has 6 nitrogen and oxygen atoms in total. The first-order valence-electron chi connectivity index (χ1n) is 12.9. The molecule has 36 heavy (non-hydrogen) atoms. The fourth-order valence-corrected chi connectivity index (χ4v) is 3.71. The van der Waals surface area contributed by atoms with Crippen LogP contribution < -0.4 is 10.6 Å². The Bertz CT molecular complexity index is 838. The number of hydrogen-bond donors (Lipinski definition) is 2. The standard InChI is InChI=1S/C30H42N2O4/c1-23(2)19-27(29(33)35-21-25-13-7-5-8-14-25)31-17-11-12-18-32-28(20-24(3)4)30(34)36-22-26-15-9-6-10-16-26/h5-16,23-24,27-28,31-32H,17-22H2,1-4H3/b12-11-/t27-,28-/m0/s1. The third kappa shape index (κ3) is 12.1. The van der Waals surface area contributed by atoms with Gasteiger partial charge in [-0.25, -0.2) is 0 Å². The number of carbonyl (C=O) groups is 2. The Morgan fingerprint density at radius 3 is 1.36 bits per heavy atom. The van der Waals surface area contributed by atoms with Crippen molar-refractivity contribution in [1.82, 2.24) is 10.6 Å². The van der Waals surface area contributed by atoms with Gasteiger partial charge in [-0.05, 0) is 35.8 Å². The zero-order chi connectivity index (χ0) is 26.2. The van der Waals surface area contributed by atoms with E-state index >= 15 is 0 Å². The van der Waals surface area contributed by atoms with Crippen LogP contribution in [-0.2, 0) is 32.3 Å². The van der Waals surface area contributed by atoms with Crippen molar-refractivity contribution in [3.05, 3.63) is 83.9 Å². The fraction of sp³-hybridized carbons (Fsp3) is 0.467. The number of rotatable bonds is 16. The Labute approximate surface area is 216 Å². The Kier molecular flexibility index (Phi) is 13.5. The number of benzene rings is 2. The smallest absolute Gasteiger partial charge is 0.323 e. The Balaban J connectivity index is 1.78. The van der Waals surface area contributed by atoms with Crippen molar-refractivity contribution in [1.29, 1.82) is 0 Å². The second-order valence-electron chi connectivity index (χ2n) is 9.84. The quantitative estimate of drug-likeness (QED) is 0.252. The topological polar surface area (TPSA) is 76.7 Å². The number of hydrogen-bond acceptors (Lipinski definition) is 6. The second kappa shape index (κ2) is 16.7. The summed E-state index contributed by atoms with van der Waals surface area (Å²) in [6.07, 6.45) is 5.33. The van der Waals surface area contributed by atoms with Gasteiger partial charge in [0.1, 0.15) is 25.3 Å². The molecule has 0 aliphatic carbocycles. The highest BCUT2D eigenvalue weighted by molar-refractivity contribution is 5.76. The van der Waals surface area contributed by atoms with Crippen LogP contribution in [0.3, 0.4) is 0 Å². The molecule has 0 amide bonds. The third-order valence-electron chi connectivity index (χ3n) is 5.56. The molecule has 2 aromatic carbocycles. The molecule has 0 bridgehead atoms. The summed E-state index contributed by atoms with van der Waals surface area (Å²) in [6.45, 7) is 9.96. The van der Waals surface area contributed by atoms with Gasteiger partial charge in [-0.1, -0.05) is 101 Å². The lowest BCUT2D eigenvalue weighted by molar-refractivity contribution is -0.148. The van der Waals surface area contributed by atoms with Crippen molar-refractivity contribution < 1.29 is 19.1 Å². The van der Waals surface area contributed by atoms with E-state index in [-0.39, 0.29) is 37.2 Å². The molecular weight excluding hydrogens is 452 g/mol. The molecule has 0 aromatic heterocycles. The average Bonchev–Trinajstić information content (AvgIpc) is 2.87. The maximum atomic E-state index is 12.6. The van der Waals surface area contributed by atoms with Gasteiger partial charge < -0.3 is 20.1 Å². The lowest BCUT2D eigenvalue weighted by Crippen LogP contribution is -2.40. The number of ether oxygens (including phenoxy) is 2. The second-order valence-corrected chi connectivity index (χ2v) is 9.84. The van der Waals surface area contributed by atoms with E-state index in [4.69, 9.17) is 9.47 Å². The highest BCUT2D eigenvalue weighted by Crippen LogP contribution is 2.10. The van der Waals surface area contributed by atoms with Gasteiger partial charge in [-0.3, -0.25) is 9.59 Å². The van der Waals surface area contributed by atoms with Gasteiger partial charge >= 0.3 is 11.9 Å². The molecule has 2 atom stereocenters. The molecule has 0 radical (unpaired) electrons. The number of carbonyl (C=O) groups excluding carboxylic acids is 2. The van der Waals surface area contributed by atoms with Crippen molar-refractivity contribution >= 4 is 11.9 Å². The van der Waals surface area contributed by atoms with Gasteiger partial charge in [-0.2, -0.15) is 0 Å². The first kappa shape index (κ1) is 29.3. The third-order valence-corrected chi connectivity index (χ3v) is 5.56. The molecule has 0 spiro atoms. The minimum absolute atomic E-state index is 0.239. The van der Waals surface area contributed by atoms with Crippen LogP contribution in [0.4, 0.5) is 0 Å². The molecule has 2 aromatic rings. The van der Waals surface area contributed by atoms with Crippen LogP contribution in [-0.4, -0.2) is 37.1 Å². The van der Waals surface area contributed by atoms with Gasteiger partial charge in [-0.15, -0.1) is 0 Å². The van der Waals surface area contributed by atoms with Crippen LogP contribution in [0.15, 0.2) is 72.8 Å². The highest BCUT2D eigenvalue weighted by atomic mass is 16.5. The SMILES string of the molecule is CC(C)C[C@H](NC/C=C\CN[C@@H](CC(C)C)C(=O)OCc1ccccc1)C(=O)OCc1ccccc1. The molecule has 0 fully saturated rings. The summed E-state index contributed by atoms with van der Waals surface area (Å²) in [5, 5.41) is 6.58. The van der Waals surface area contributed by atoms with Gasteiger partial charge in [0.25, 0.3) is 0 Å². The van der Waals surface area contributed by atoms with Crippen molar-refractivity contribution in [2.75, 3.05) is 13.1 Å². The Morgan fingerprint density at radius 2 is 1.03 bits per heavy atom. The molecule has 0 heterocycles. The molecule has 0 saturated carbocycles. The molecule has 6 heteroatoms. The van der Waals surface area contributed by atoms with Gasteiger partial charge in [0.05, 0.1) is 0 Å². The molecule has 196 valence electrons. The number of nitrogens with one attached hydrogen (secondary N) is 2. The lowest BCUT2D eigenvalue weighted by Gasteiger charge is -2.19. The minimum Gasteiger partial charge on any atom is -0.460 e. The zero-order valence-electron chi connectivity index (χ0n) is 22.1. The normalized spacial score (nSPS) is 13.2. The first-order chi connectivity index (χ1) is 17.3. The van der Waals surface area contributed by atoms with Crippen LogP contribution in [0.2, 0.25) is 0 Å². The summed E-state index contributed by atoms with van der Waals surface area (Å²) in [7, 11) is 0. The first-order valence-corrected chi connectivity index (χ1v) is 12.9. The average molecular weight is 495 g/mol. The summed E-state index contributed by atoms with van der Waals surface area (Å²) in [5.41, 5.74) is 1.94. The molecule has 2 N–H and O–H groups in total. The van der Waals surface area contributed by atoms with Crippen LogP contribution in [0.5, 0.6) is 0 Å². The van der Waals surface area contributed by atoms with Crippen molar-refractivity contribution in [3.63, 3.8) is 0 Å². The monoisotopic (exact) mass is 494 g/mol. The maximum absolute atomic E-state index is 12.6. The minimum atomic E-state index is -0.368. The summed E-state index contributed by atoms with van der Waals surface area (Å²) in [4.78, 5) is 25.3. The van der Waals surface area contributed by atoms with E-state index in [2.05, 4.69) is 38.3 Å². The van der Waals surface area contributed by atoms with E-state index in [9.17, 15) is 9.59 Å². The molecule has 0 unspecified atom stereocenters. The molecule has 0 aliphatic heterocycles. The highest BCUT2D eigenvalue weighted by Gasteiger charge is 2.21. The van der Waals surface area contributed by atoms with Crippen LogP contribution in [0.1, 0.15) is 51.7 Å². The summed E-state index contributed by atoms with van der Waals surface area (Å²) in [6, 6.07) is 18.6. The Hall–Kier alpha value is -2.96. The predicted octanol–water partition coefficient (Wildman–Crippen LogP) is 5.04. The maximum Gasteiger partial charge on any atom is 0.323 e. The van der Waals surface area contributed by atoms with Crippen molar-refractivity contribution in [2.24, 2.45) is 11.8 Å². The van der Waals surface area contributed by atoms with E-state index in [0.29, 0.717) is 37.8 Å². The largest absolute Gasteiger partial charge is 0.460 e. The van der Waals surface area contributed by atoms with Gasteiger partial charge in [0.2, 0.25) is 0 Å². The van der Waals surface area contributed by atoms with Crippen LogP contribution in [0, 0.1) is 11.8 Å². The zero-order valence-corrected chi connectivity index (χ0v) is 22.1. The van der Waals surface area contributed by atoms with Crippen LogP contribution >= 0.6 is 0 Å². The van der Waals surface area contributed by atoms with Crippen LogP contribution in [0.25, 0.3) is 0 Å². The molecular formula is C30H42N2O4.